The van der Waals surface area contributed by atoms with Gasteiger partial charge in [-0.25, -0.2) is 0 Å². The topological polar surface area (TPSA) is 40.5 Å². The van der Waals surface area contributed by atoms with Crippen LogP contribution >= 0.6 is 0 Å². The fraction of sp³-hybridized carbons (Fsp3) is 0.571. The molecule has 0 aliphatic heterocycles. The molecular weight excluding hydrogens is 368 g/mol. The molecule has 2 nitrogen and oxygen atoms in total. The number of aliphatic hydroxyl groups excluding tert-OH is 2. The second-order valence-electron chi connectivity index (χ2n) is 9.62. The summed E-state index contributed by atoms with van der Waals surface area (Å²) in [5, 5.41) is 20.2. The smallest absolute Gasteiger partial charge is 0.0549 e. The minimum atomic E-state index is -0.284. The first-order valence-electron chi connectivity index (χ1n) is 12.2. The third kappa shape index (κ3) is 4.50. The highest BCUT2D eigenvalue weighted by molar-refractivity contribution is 5.51. The SMILES string of the molecule is CCCc1ccc(Cc2cc(C3CC(O)CC(CO)C3)c(CC)c3c2CCC3)cc1. The van der Waals surface area contributed by atoms with Gasteiger partial charge in [-0.2, -0.15) is 0 Å². The van der Waals surface area contributed by atoms with Crippen molar-refractivity contribution < 1.29 is 10.2 Å². The third-order valence-corrected chi connectivity index (χ3v) is 7.44. The predicted octanol–water partition coefficient (Wildman–Crippen LogP) is 5.52. The number of hydrogen-bond acceptors (Lipinski definition) is 2. The predicted molar refractivity (Wildman–Crippen MR) is 124 cm³/mol. The maximum atomic E-state index is 10.5. The number of fused-ring (bicyclic) bond motifs is 1. The molecule has 2 N–H and O–H groups in total. The van der Waals surface area contributed by atoms with Crippen LogP contribution in [0.4, 0.5) is 0 Å². The first-order valence-corrected chi connectivity index (χ1v) is 12.2. The Morgan fingerprint density at radius 3 is 2.37 bits per heavy atom. The molecule has 30 heavy (non-hydrogen) atoms. The molecule has 1 fully saturated rings. The maximum absolute atomic E-state index is 10.5. The molecule has 0 amide bonds. The molecule has 2 aromatic rings. The number of aliphatic hydroxyl groups is 2. The van der Waals surface area contributed by atoms with Gasteiger partial charge >= 0.3 is 0 Å². The Bertz CT molecular complexity index is 852. The lowest BCUT2D eigenvalue weighted by Crippen LogP contribution is -2.28. The molecular formula is C28H38O2. The van der Waals surface area contributed by atoms with Gasteiger partial charge in [0.25, 0.3) is 0 Å². The van der Waals surface area contributed by atoms with Crippen LogP contribution in [0.5, 0.6) is 0 Å². The van der Waals surface area contributed by atoms with E-state index in [1.807, 2.05) is 0 Å². The van der Waals surface area contributed by atoms with Crippen LogP contribution in [0.15, 0.2) is 30.3 Å². The molecule has 2 aromatic carbocycles. The average Bonchev–Trinajstić information content (AvgIpc) is 3.25. The minimum Gasteiger partial charge on any atom is -0.396 e. The summed E-state index contributed by atoms with van der Waals surface area (Å²) in [5.74, 6) is 0.601. The molecule has 4 rings (SSSR count). The second kappa shape index (κ2) is 9.66. The summed E-state index contributed by atoms with van der Waals surface area (Å²) in [6, 6.07) is 11.7. The van der Waals surface area contributed by atoms with E-state index in [0.29, 0.717) is 5.92 Å². The molecule has 162 valence electrons. The lowest BCUT2D eigenvalue weighted by atomic mass is 9.73. The molecule has 0 saturated heterocycles. The Morgan fingerprint density at radius 2 is 1.67 bits per heavy atom. The summed E-state index contributed by atoms with van der Waals surface area (Å²) in [7, 11) is 0. The molecule has 0 aromatic heterocycles. The van der Waals surface area contributed by atoms with Crippen LogP contribution in [0.1, 0.15) is 90.8 Å². The van der Waals surface area contributed by atoms with E-state index >= 15 is 0 Å². The summed E-state index contributed by atoms with van der Waals surface area (Å²) in [5.41, 5.74) is 10.5. The molecule has 2 aliphatic carbocycles. The molecule has 0 heterocycles. The van der Waals surface area contributed by atoms with Gasteiger partial charge in [0.15, 0.2) is 0 Å². The van der Waals surface area contributed by atoms with Crippen molar-refractivity contribution in [2.45, 2.75) is 90.1 Å². The van der Waals surface area contributed by atoms with Gasteiger partial charge < -0.3 is 10.2 Å². The zero-order valence-electron chi connectivity index (χ0n) is 18.8. The van der Waals surface area contributed by atoms with Crippen molar-refractivity contribution in [3.05, 3.63) is 69.3 Å². The van der Waals surface area contributed by atoms with E-state index < -0.39 is 0 Å². The standard InChI is InChI=1S/C28H38O2/c1-3-6-19-9-11-20(12-10-19)13-23-17-28(22-14-21(18-29)15-24(30)16-22)25(4-2)27-8-5-7-26(23)27/h9-12,17,21-22,24,29-30H,3-8,13-16,18H2,1-2H3. The van der Waals surface area contributed by atoms with E-state index in [1.54, 1.807) is 16.7 Å². The van der Waals surface area contributed by atoms with E-state index in [0.717, 1.165) is 38.5 Å². The monoisotopic (exact) mass is 406 g/mol. The summed E-state index contributed by atoms with van der Waals surface area (Å²) in [4.78, 5) is 0. The van der Waals surface area contributed by atoms with Gasteiger partial charge in [0.1, 0.15) is 0 Å². The van der Waals surface area contributed by atoms with Gasteiger partial charge in [0.05, 0.1) is 6.10 Å². The van der Waals surface area contributed by atoms with E-state index in [-0.39, 0.29) is 18.6 Å². The number of benzene rings is 2. The summed E-state index contributed by atoms with van der Waals surface area (Å²) in [6.07, 6.45) is 10.4. The van der Waals surface area contributed by atoms with Gasteiger partial charge in [0, 0.05) is 6.61 Å². The van der Waals surface area contributed by atoms with Crippen molar-refractivity contribution in [3.8, 4) is 0 Å². The minimum absolute atomic E-state index is 0.191. The lowest BCUT2D eigenvalue weighted by Gasteiger charge is -2.34. The molecule has 0 radical (unpaired) electrons. The average molecular weight is 407 g/mol. The van der Waals surface area contributed by atoms with Crippen molar-refractivity contribution in [1.29, 1.82) is 0 Å². The van der Waals surface area contributed by atoms with Crippen LogP contribution in [-0.4, -0.2) is 22.9 Å². The highest BCUT2D eigenvalue weighted by Crippen LogP contribution is 2.42. The highest BCUT2D eigenvalue weighted by atomic mass is 16.3. The van der Waals surface area contributed by atoms with Crippen LogP contribution in [0.25, 0.3) is 0 Å². The van der Waals surface area contributed by atoms with Crippen LogP contribution < -0.4 is 0 Å². The fourth-order valence-electron chi connectivity index (χ4n) is 6.05. The molecule has 3 atom stereocenters. The van der Waals surface area contributed by atoms with E-state index in [2.05, 4.69) is 44.2 Å². The van der Waals surface area contributed by atoms with Crippen LogP contribution in [-0.2, 0) is 32.1 Å². The zero-order valence-corrected chi connectivity index (χ0v) is 18.8. The highest BCUT2D eigenvalue weighted by Gasteiger charge is 2.31. The molecule has 3 unspecified atom stereocenters. The Balaban J connectivity index is 1.69. The molecule has 2 aliphatic rings. The van der Waals surface area contributed by atoms with Crippen molar-refractivity contribution in [1.82, 2.24) is 0 Å². The first-order chi connectivity index (χ1) is 14.6. The molecule has 0 bridgehead atoms. The van der Waals surface area contributed by atoms with Gasteiger partial charge in [-0.15, -0.1) is 0 Å². The Hall–Kier alpha value is -1.64. The molecule has 1 saturated carbocycles. The van der Waals surface area contributed by atoms with Gasteiger partial charge in [-0.1, -0.05) is 50.6 Å². The quantitative estimate of drug-likeness (QED) is 0.636. The summed E-state index contributed by atoms with van der Waals surface area (Å²) >= 11 is 0. The maximum Gasteiger partial charge on any atom is 0.0549 e. The van der Waals surface area contributed by atoms with Crippen LogP contribution in [0, 0.1) is 5.92 Å². The van der Waals surface area contributed by atoms with Crippen molar-refractivity contribution in [2.75, 3.05) is 6.61 Å². The van der Waals surface area contributed by atoms with Crippen molar-refractivity contribution >= 4 is 0 Å². The fourth-order valence-corrected chi connectivity index (χ4v) is 6.05. The lowest BCUT2D eigenvalue weighted by molar-refractivity contribution is 0.0648. The van der Waals surface area contributed by atoms with Crippen LogP contribution in [0.3, 0.4) is 0 Å². The normalized spacial score (nSPS) is 23.5. The van der Waals surface area contributed by atoms with E-state index in [9.17, 15) is 10.2 Å². The zero-order chi connectivity index (χ0) is 21.1. The largest absolute Gasteiger partial charge is 0.396 e. The molecule has 0 spiro atoms. The van der Waals surface area contributed by atoms with Crippen LogP contribution in [0.2, 0.25) is 0 Å². The number of aryl methyl sites for hydroxylation is 1. The van der Waals surface area contributed by atoms with Gasteiger partial charge in [-0.05, 0) is 109 Å². The number of rotatable bonds is 7. The van der Waals surface area contributed by atoms with Crippen molar-refractivity contribution in [3.63, 3.8) is 0 Å². The number of hydrogen-bond donors (Lipinski definition) is 2. The van der Waals surface area contributed by atoms with Gasteiger partial charge in [-0.3, -0.25) is 0 Å². The first kappa shape index (κ1) is 21.6. The summed E-state index contributed by atoms with van der Waals surface area (Å²) in [6.45, 7) is 4.71. The van der Waals surface area contributed by atoms with Crippen molar-refractivity contribution in [2.24, 2.45) is 5.92 Å². The van der Waals surface area contributed by atoms with E-state index in [4.69, 9.17) is 0 Å². The molecule has 2 heteroatoms. The Morgan fingerprint density at radius 1 is 0.933 bits per heavy atom. The summed E-state index contributed by atoms with van der Waals surface area (Å²) < 4.78 is 0. The Labute approximate surface area is 182 Å². The van der Waals surface area contributed by atoms with E-state index in [1.165, 1.54) is 47.9 Å². The second-order valence-corrected chi connectivity index (χ2v) is 9.62. The third-order valence-electron chi connectivity index (χ3n) is 7.44. The van der Waals surface area contributed by atoms with Gasteiger partial charge in [0.2, 0.25) is 0 Å². The Kier molecular flexibility index (Phi) is 6.95.